The molecular weight excluding hydrogens is 430 g/mol. The van der Waals surface area contributed by atoms with E-state index < -0.39 is 0 Å². The topological polar surface area (TPSA) is 82.4 Å². The number of nitrogens with one attached hydrogen (secondary N) is 1. The highest BCUT2D eigenvalue weighted by atomic mass is 32.1. The summed E-state index contributed by atoms with van der Waals surface area (Å²) in [5, 5.41) is 17.0. The van der Waals surface area contributed by atoms with Gasteiger partial charge in [-0.05, 0) is 65.1 Å². The second-order valence-electron chi connectivity index (χ2n) is 8.16. The molecule has 0 spiro atoms. The van der Waals surface area contributed by atoms with E-state index in [2.05, 4.69) is 25.2 Å². The lowest BCUT2D eigenvalue weighted by molar-refractivity contribution is -0.111. The Balaban J connectivity index is 1.60. The van der Waals surface area contributed by atoms with Crippen molar-refractivity contribution in [2.24, 2.45) is 11.8 Å². The highest BCUT2D eigenvalue weighted by Gasteiger charge is 2.27. The van der Waals surface area contributed by atoms with E-state index in [9.17, 15) is 14.9 Å². The molecule has 0 aromatic carbocycles. The van der Waals surface area contributed by atoms with Gasteiger partial charge in [0, 0.05) is 24.5 Å². The molecule has 0 fully saturated rings. The summed E-state index contributed by atoms with van der Waals surface area (Å²) in [5.74, 6) is 0.357. The SMILES string of the molecule is CC(C)CN(C)C(=O)OCC1CCc2c(sc(NC(=O)/C=C/c3ccsc3)c2C#N)C1. The van der Waals surface area contributed by atoms with Crippen LogP contribution in [0.4, 0.5) is 9.80 Å². The fourth-order valence-corrected chi connectivity index (χ4v) is 5.56. The minimum Gasteiger partial charge on any atom is -0.449 e. The number of carbonyl (C=O) groups excluding carboxylic acids is 2. The first-order chi connectivity index (χ1) is 14.9. The van der Waals surface area contributed by atoms with Crippen molar-refractivity contribution >= 4 is 45.8 Å². The highest BCUT2D eigenvalue weighted by Crippen LogP contribution is 2.39. The third-order valence-corrected chi connectivity index (χ3v) is 6.95. The number of hydrogen-bond donors (Lipinski definition) is 1. The average molecular weight is 458 g/mol. The van der Waals surface area contributed by atoms with E-state index >= 15 is 0 Å². The number of fused-ring (bicyclic) bond motifs is 1. The molecule has 1 N–H and O–H groups in total. The molecule has 8 heteroatoms. The Morgan fingerprint density at radius 2 is 2.26 bits per heavy atom. The largest absolute Gasteiger partial charge is 0.449 e. The summed E-state index contributed by atoms with van der Waals surface area (Å²) in [6, 6.07) is 4.20. The van der Waals surface area contributed by atoms with Gasteiger partial charge in [-0.15, -0.1) is 11.3 Å². The van der Waals surface area contributed by atoms with Crippen LogP contribution in [-0.2, 0) is 22.4 Å². The van der Waals surface area contributed by atoms with Crippen molar-refractivity contribution in [2.45, 2.75) is 33.1 Å². The Labute approximate surface area is 191 Å². The normalized spacial score (nSPS) is 15.5. The Hall–Kier alpha value is -2.63. The summed E-state index contributed by atoms with van der Waals surface area (Å²) >= 11 is 3.03. The van der Waals surface area contributed by atoms with E-state index in [0.717, 1.165) is 35.3 Å². The van der Waals surface area contributed by atoms with Crippen molar-refractivity contribution in [3.05, 3.63) is 44.5 Å². The van der Waals surface area contributed by atoms with Gasteiger partial charge in [-0.2, -0.15) is 16.6 Å². The summed E-state index contributed by atoms with van der Waals surface area (Å²) in [6.07, 6.45) is 5.29. The van der Waals surface area contributed by atoms with Crippen LogP contribution < -0.4 is 5.32 Å². The van der Waals surface area contributed by atoms with Gasteiger partial charge in [0.2, 0.25) is 5.91 Å². The second-order valence-corrected chi connectivity index (χ2v) is 10.0. The molecule has 31 heavy (non-hydrogen) atoms. The van der Waals surface area contributed by atoms with Crippen LogP contribution in [0.25, 0.3) is 6.08 Å². The number of hydrogen-bond acceptors (Lipinski definition) is 6. The molecule has 2 aromatic rings. The standard InChI is InChI=1S/C23H27N3O3S2/c1-15(2)12-26(3)23(28)29-13-17-4-6-18-19(11-24)22(31-20(18)10-17)25-21(27)7-5-16-8-9-30-14-16/h5,7-9,14-15,17H,4,6,10,12-13H2,1-3H3,(H,25,27)/b7-5+. The predicted octanol–water partition coefficient (Wildman–Crippen LogP) is 5.16. The zero-order valence-corrected chi connectivity index (χ0v) is 19.6. The lowest BCUT2D eigenvalue weighted by Gasteiger charge is -2.24. The number of anilines is 1. The number of carbonyl (C=O) groups is 2. The molecule has 164 valence electrons. The van der Waals surface area contributed by atoms with Crippen LogP contribution >= 0.6 is 22.7 Å². The van der Waals surface area contributed by atoms with E-state index in [-0.39, 0.29) is 17.9 Å². The van der Waals surface area contributed by atoms with Gasteiger partial charge in [0.1, 0.15) is 11.1 Å². The van der Waals surface area contributed by atoms with Gasteiger partial charge in [0.15, 0.2) is 0 Å². The third-order valence-electron chi connectivity index (χ3n) is 5.08. The van der Waals surface area contributed by atoms with E-state index in [4.69, 9.17) is 4.74 Å². The molecule has 1 aliphatic rings. The van der Waals surface area contributed by atoms with Crippen LogP contribution in [0.3, 0.4) is 0 Å². The second kappa shape index (κ2) is 10.6. The fraction of sp³-hybridized carbons (Fsp3) is 0.435. The first-order valence-corrected chi connectivity index (χ1v) is 12.1. The van der Waals surface area contributed by atoms with Gasteiger partial charge in [0.05, 0.1) is 12.2 Å². The lowest BCUT2D eigenvalue weighted by Crippen LogP contribution is -2.32. The van der Waals surface area contributed by atoms with Gasteiger partial charge in [-0.3, -0.25) is 4.79 Å². The molecule has 0 aliphatic heterocycles. The van der Waals surface area contributed by atoms with Gasteiger partial charge in [-0.1, -0.05) is 13.8 Å². The van der Waals surface area contributed by atoms with Crippen LogP contribution in [0.5, 0.6) is 0 Å². The molecule has 0 radical (unpaired) electrons. The van der Waals surface area contributed by atoms with E-state index in [1.54, 1.807) is 29.4 Å². The maximum Gasteiger partial charge on any atom is 0.409 e. The van der Waals surface area contributed by atoms with Gasteiger partial charge in [0.25, 0.3) is 0 Å². The molecule has 3 rings (SSSR count). The third kappa shape index (κ3) is 6.18. The predicted molar refractivity (Wildman–Crippen MR) is 125 cm³/mol. The Morgan fingerprint density at radius 1 is 1.45 bits per heavy atom. The molecule has 1 unspecified atom stereocenters. The minimum absolute atomic E-state index is 0.219. The number of ether oxygens (including phenoxy) is 1. The monoisotopic (exact) mass is 457 g/mol. The smallest absolute Gasteiger partial charge is 0.409 e. The average Bonchev–Trinajstić information content (AvgIpc) is 3.36. The van der Waals surface area contributed by atoms with Crippen LogP contribution in [0.15, 0.2) is 22.9 Å². The number of nitrogens with zero attached hydrogens (tertiary/aromatic N) is 2. The number of thiophene rings is 2. The molecular formula is C23H27N3O3S2. The molecule has 2 amide bonds. The summed E-state index contributed by atoms with van der Waals surface area (Å²) < 4.78 is 5.50. The van der Waals surface area contributed by atoms with Crippen molar-refractivity contribution in [3.8, 4) is 6.07 Å². The zero-order chi connectivity index (χ0) is 22.4. The first kappa shape index (κ1) is 23.0. The quantitative estimate of drug-likeness (QED) is 0.582. The maximum absolute atomic E-state index is 12.3. The summed E-state index contributed by atoms with van der Waals surface area (Å²) in [7, 11) is 1.75. The molecule has 2 aromatic heterocycles. The van der Waals surface area contributed by atoms with Crippen molar-refractivity contribution in [2.75, 3.05) is 25.5 Å². The van der Waals surface area contributed by atoms with Gasteiger partial charge in [-0.25, -0.2) is 4.79 Å². The van der Waals surface area contributed by atoms with Crippen molar-refractivity contribution in [1.82, 2.24) is 4.90 Å². The summed E-state index contributed by atoms with van der Waals surface area (Å²) in [4.78, 5) is 27.2. The molecule has 0 saturated carbocycles. The number of nitriles is 1. The highest BCUT2D eigenvalue weighted by molar-refractivity contribution is 7.16. The Kier molecular flexibility index (Phi) is 7.88. The summed E-state index contributed by atoms with van der Waals surface area (Å²) in [6.45, 7) is 5.15. The Bertz CT molecular complexity index is 987. The number of rotatable bonds is 7. The molecule has 1 atom stereocenters. The van der Waals surface area contributed by atoms with Crippen LogP contribution in [0, 0.1) is 23.2 Å². The summed E-state index contributed by atoms with van der Waals surface area (Å²) in [5.41, 5.74) is 2.55. The molecule has 0 saturated heterocycles. The molecule has 2 heterocycles. The molecule has 6 nitrogen and oxygen atoms in total. The van der Waals surface area contributed by atoms with Crippen molar-refractivity contribution in [3.63, 3.8) is 0 Å². The molecule has 1 aliphatic carbocycles. The Morgan fingerprint density at radius 3 is 2.94 bits per heavy atom. The van der Waals surface area contributed by atoms with Crippen LogP contribution in [0.1, 0.15) is 41.8 Å². The van der Waals surface area contributed by atoms with E-state index in [0.29, 0.717) is 29.6 Å². The van der Waals surface area contributed by atoms with Crippen LogP contribution in [0.2, 0.25) is 0 Å². The van der Waals surface area contributed by atoms with E-state index in [1.807, 2.05) is 16.8 Å². The maximum atomic E-state index is 12.3. The van der Waals surface area contributed by atoms with Crippen LogP contribution in [-0.4, -0.2) is 37.1 Å². The van der Waals surface area contributed by atoms with E-state index in [1.165, 1.54) is 17.4 Å². The minimum atomic E-state index is -0.297. The van der Waals surface area contributed by atoms with Gasteiger partial charge >= 0.3 is 6.09 Å². The van der Waals surface area contributed by atoms with Crippen molar-refractivity contribution in [1.29, 1.82) is 5.26 Å². The van der Waals surface area contributed by atoms with Gasteiger partial charge < -0.3 is 15.0 Å². The lowest BCUT2D eigenvalue weighted by atomic mass is 9.88. The fourth-order valence-electron chi connectivity index (χ4n) is 3.62. The zero-order valence-electron chi connectivity index (χ0n) is 18.0. The molecule has 0 bridgehead atoms. The first-order valence-electron chi connectivity index (χ1n) is 10.3. The van der Waals surface area contributed by atoms with Crippen molar-refractivity contribution < 1.29 is 14.3 Å². The number of amides is 2.